The van der Waals surface area contributed by atoms with Crippen molar-refractivity contribution >= 4 is 23.3 Å². The van der Waals surface area contributed by atoms with E-state index >= 15 is 0 Å². The van der Waals surface area contributed by atoms with E-state index < -0.39 is 5.97 Å². The number of carbonyl (C=O) groups excluding carboxylic acids is 1. The van der Waals surface area contributed by atoms with E-state index in [1.807, 2.05) is 0 Å². The van der Waals surface area contributed by atoms with Crippen LogP contribution in [0.5, 0.6) is 5.75 Å². The van der Waals surface area contributed by atoms with Crippen LogP contribution in [0.3, 0.4) is 0 Å². The molecule has 1 heterocycles. The summed E-state index contributed by atoms with van der Waals surface area (Å²) in [6.07, 6.45) is 0. The van der Waals surface area contributed by atoms with Gasteiger partial charge in [0.15, 0.2) is 0 Å². The topological polar surface area (TPSA) is 82.1 Å². The lowest BCUT2D eigenvalue weighted by atomic mass is 10.1. The number of carboxylic acids is 1. The standard InChI is InChI=1S/C21H25N3O4/c1-3-23-10-12-24(13-11-23)19-9-6-16(14-18(19)21(26)27)22-20(25)15-4-7-17(28-2)8-5-15/h4-9,14H,3,10-13H2,1-2H3,(H,22,25)(H,26,27). The normalized spacial score (nSPS) is 14.6. The zero-order valence-electron chi connectivity index (χ0n) is 16.1. The van der Waals surface area contributed by atoms with Crippen molar-refractivity contribution in [2.75, 3.05) is 50.1 Å². The number of carboxylic acid groups (broad SMARTS) is 1. The summed E-state index contributed by atoms with van der Waals surface area (Å²) >= 11 is 0. The van der Waals surface area contributed by atoms with Crippen molar-refractivity contribution in [2.24, 2.45) is 0 Å². The van der Waals surface area contributed by atoms with E-state index in [2.05, 4.69) is 22.0 Å². The van der Waals surface area contributed by atoms with E-state index in [0.717, 1.165) is 32.7 Å². The second-order valence-electron chi connectivity index (χ2n) is 6.64. The van der Waals surface area contributed by atoms with Gasteiger partial charge in [-0.2, -0.15) is 0 Å². The van der Waals surface area contributed by atoms with Crippen molar-refractivity contribution in [2.45, 2.75) is 6.92 Å². The Hall–Kier alpha value is -3.06. The predicted octanol–water partition coefficient (Wildman–Crippen LogP) is 2.79. The predicted molar refractivity (Wildman–Crippen MR) is 109 cm³/mol. The Bertz CT molecular complexity index is 843. The van der Waals surface area contributed by atoms with Crippen LogP contribution >= 0.6 is 0 Å². The van der Waals surface area contributed by atoms with Crippen LogP contribution in [-0.4, -0.2) is 61.7 Å². The molecular weight excluding hydrogens is 358 g/mol. The van der Waals surface area contributed by atoms with Crippen LogP contribution in [0.4, 0.5) is 11.4 Å². The Morgan fingerprint density at radius 3 is 2.32 bits per heavy atom. The van der Waals surface area contributed by atoms with Crippen LogP contribution in [0.1, 0.15) is 27.6 Å². The lowest BCUT2D eigenvalue weighted by Gasteiger charge is -2.36. The molecule has 1 fully saturated rings. The summed E-state index contributed by atoms with van der Waals surface area (Å²) in [5.41, 5.74) is 1.80. The van der Waals surface area contributed by atoms with Crippen LogP contribution in [0.25, 0.3) is 0 Å². The molecule has 0 saturated carbocycles. The van der Waals surface area contributed by atoms with Gasteiger partial charge in [0.2, 0.25) is 0 Å². The van der Waals surface area contributed by atoms with Gasteiger partial charge >= 0.3 is 5.97 Å². The van der Waals surface area contributed by atoms with Gasteiger partial charge < -0.3 is 25.0 Å². The summed E-state index contributed by atoms with van der Waals surface area (Å²) in [6, 6.07) is 11.8. The third kappa shape index (κ3) is 4.43. The molecule has 148 valence electrons. The number of ether oxygens (including phenoxy) is 1. The minimum atomic E-state index is -1.01. The summed E-state index contributed by atoms with van der Waals surface area (Å²) in [5, 5.41) is 12.4. The van der Waals surface area contributed by atoms with Crippen molar-refractivity contribution in [3.05, 3.63) is 53.6 Å². The molecule has 2 N–H and O–H groups in total. The second-order valence-corrected chi connectivity index (χ2v) is 6.64. The highest BCUT2D eigenvalue weighted by molar-refractivity contribution is 6.05. The average molecular weight is 383 g/mol. The number of methoxy groups -OCH3 is 1. The Balaban J connectivity index is 1.76. The van der Waals surface area contributed by atoms with Gasteiger partial charge in [0.25, 0.3) is 5.91 Å². The van der Waals surface area contributed by atoms with Crippen LogP contribution in [0, 0.1) is 0 Å². The third-order valence-corrected chi connectivity index (χ3v) is 5.00. The fraction of sp³-hybridized carbons (Fsp3) is 0.333. The van der Waals surface area contributed by atoms with Gasteiger partial charge in [-0.15, -0.1) is 0 Å². The Kier molecular flexibility index (Phi) is 6.16. The maximum absolute atomic E-state index is 12.4. The molecule has 7 heteroatoms. The van der Waals surface area contributed by atoms with Crippen molar-refractivity contribution in [3.63, 3.8) is 0 Å². The number of rotatable bonds is 6. The van der Waals surface area contributed by atoms with E-state index in [1.165, 1.54) is 6.07 Å². The number of hydrogen-bond donors (Lipinski definition) is 2. The molecule has 0 atom stereocenters. The van der Waals surface area contributed by atoms with E-state index in [4.69, 9.17) is 4.74 Å². The molecule has 1 aliphatic rings. The molecule has 28 heavy (non-hydrogen) atoms. The quantitative estimate of drug-likeness (QED) is 0.798. The van der Waals surface area contributed by atoms with E-state index in [0.29, 0.717) is 22.7 Å². The van der Waals surface area contributed by atoms with Crippen LogP contribution in [0.15, 0.2) is 42.5 Å². The first-order valence-corrected chi connectivity index (χ1v) is 9.32. The highest BCUT2D eigenvalue weighted by atomic mass is 16.5. The molecule has 0 aliphatic carbocycles. The lowest BCUT2D eigenvalue weighted by Crippen LogP contribution is -2.46. The molecule has 1 amide bonds. The monoisotopic (exact) mass is 383 g/mol. The number of nitrogens with zero attached hydrogens (tertiary/aromatic N) is 2. The number of amides is 1. The van der Waals surface area contributed by atoms with Gasteiger partial charge in [-0.3, -0.25) is 4.79 Å². The van der Waals surface area contributed by atoms with Gasteiger partial charge in [-0.05, 0) is 49.0 Å². The fourth-order valence-electron chi connectivity index (χ4n) is 3.31. The van der Waals surface area contributed by atoms with Gasteiger partial charge in [-0.1, -0.05) is 6.92 Å². The Morgan fingerprint density at radius 2 is 1.75 bits per heavy atom. The summed E-state index contributed by atoms with van der Waals surface area (Å²) in [4.78, 5) is 28.7. The Morgan fingerprint density at radius 1 is 1.07 bits per heavy atom. The zero-order valence-corrected chi connectivity index (χ0v) is 16.1. The molecule has 2 aromatic rings. The number of piperazine rings is 1. The van der Waals surface area contributed by atoms with Gasteiger partial charge in [-0.25, -0.2) is 4.79 Å². The fourth-order valence-corrected chi connectivity index (χ4v) is 3.31. The minimum absolute atomic E-state index is 0.192. The summed E-state index contributed by atoms with van der Waals surface area (Å²) in [5.74, 6) is -0.644. The molecular formula is C21H25N3O4. The first-order valence-electron chi connectivity index (χ1n) is 9.32. The number of likely N-dealkylation sites (N-methyl/N-ethyl adjacent to an activating group) is 1. The molecule has 1 aliphatic heterocycles. The van der Waals surface area contributed by atoms with Gasteiger partial charge in [0.05, 0.1) is 18.4 Å². The van der Waals surface area contributed by atoms with Crippen molar-refractivity contribution < 1.29 is 19.4 Å². The number of benzene rings is 2. The molecule has 0 bridgehead atoms. The van der Waals surface area contributed by atoms with Gasteiger partial charge in [0, 0.05) is 37.4 Å². The number of anilines is 2. The molecule has 0 unspecified atom stereocenters. The number of aromatic carboxylic acids is 1. The van der Waals surface area contributed by atoms with E-state index in [9.17, 15) is 14.7 Å². The Labute approximate surface area is 164 Å². The molecule has 3 rings (SSSR count). The smallest absolute Gasteiger partial charge is 0.337 e. The maximum Gasteiger partial charge on any atom is 0.337 e. The number of nitrogens with one attached hydrogen (secondary N) is 1. The second kappa shape index (κ2) is 8.75. The lowest BCUT2D eigenvalue weighted by molar-refractivity contribution is 0.0697. The molecule has 0 radical (unpaired) electrons. The van der Waals surface area contributed by atoms with E-state index in [1.54, 1.807) is 43.5 Å². The third-order valence-electron chi connectivity index (χ3n) is 5.00. The van der Waals surface area contributed by atoms with Crippen molar-refractivity contribution in [3.8, 4) is 5.75 Å². The van der Waals surface area contributed by atoms with Crippen LogP contribution < -0.4 is 15.0 Å². The molecule has 1 saturated heterocycles. The average Bonchev–Trinajstić information content (AvgIpc) is 2.73. The summed E-state index contributed by atoms with van der Waals surface area (Å²) in [7, 11) is 1.56. The first-order chi connectivity index (χ1) is 13.5. The number of carbonyl (C=O) groups is 2. The molecule has 7 nitrogen and oxygen atoms in total. The number of hydrogen-bond acceptors (Lipinski definition) is 5. The van der Waals surface area contributed by atoms with Gasteiger partial charge in [0.1, 0.15) is 5.75 Å². The maximum atomic E-state index is 12.4. The van der Waals surface area contributed by atoms with Crippen molar-refractivity contribution in [1.82, 2.24) is 4.90 Å². The largest absolute Gasteiger partial charge is 0.497 e. The molecule has 2 aromatic carbocycles. The first kappa shape index (κ1) is 19.7. The summed E-state index contributed by atoms with van der Waals surface area (Å²) in [6.45, 7) is 6.50. The van der Waals surface area contributed by atoms with Crippen LogP contribution in [-0.2, 0) is 0 Å². The summed E-state index contributed by atoms with van der Waals surface area (Å²) < 4.78 is 5.09. The van der Waals surface area contributed by atoms with Crippen molar-refractivity contribution in [1.29, 1.82) is 0 Å². The van der Waals surface area contributed by atoms with E-state index in [-0.39, 0.29) is 11.5 Å². The highest BCUT2D eigenvalue weighted by Crippen LogP contribution is 2.26. The van der Waals surface area contributed by atoms with Crippen LogP contribution in [0.2, 0.25) is 0 Å². The SMILES string of the molecule is CCN1CCN(c2ccc(NC(=O)c3ccc(OC)cc3)cc2C(=O)O)CC1. The minimum Gasteiger partial charge on any atom is -0.497 e. The molecule has 0 aromatic heterocycles. The highest BCUT2D eigenvalue weighted by Gasteiger charge is 2.21. The molecule has 0 spiro atoms. The zero-order chi connectivity index (χ0) is 20.1.